The van der Waals surface area contributed by atoms with Crippen LogP contribution < -0.4 is 9.47 Å². The minimum atomic E-state index is -0.568. The Morgan fingerprint density at radius 3 is 2.71 bits per heavy atom. The van der Waals surface area contributed by atoms with E-state index in [0.29, 0.717) is 28.9 Å². The maximum absolute atomic E-state index is 13.2. The summed E-state index contributed by atoms with van der Waals surface area (Å²) in [4.78, 5) is 10.8. The van der Waals surface area contributed by atoms with Gasteiger partial charge in [-0.3, -0.25) is 4.79 Å². The second-order valence-electron chi connectivity index (χ2n) is 4.24. The molecule has 5 heteroatoms. The van der Waals surface area contributed by atoms with Crippen LogP contribution in [0, 0.1) is 17.1 Å². The molecule has 21 heavy (non-hydrogen) atoms. The molecule has 2 aromatic rings. The molecule has 0 aliphatic carbocycles. The number of carbonyl (C=O) groups is 1. The van der Waals surface area contributed by atoms with Gasteiger partial charge in [-0.05, 0) is 35.9 Å². The SMILES string of the molecule is COc1ccc(C=O)cc1OCc1ccc(F)c(C#N)c1. The fraction of sp³-hybridized carbons (Fsp3) is 0.125. The fourth-order valence-corrected chi connectivity index (χ4v) is 1.79. The molecule has 0 spiro atoms. The molecule has 2 aromatic carbocycles. The van der Waals surface area contributed by atoms with Crippen molar-refractivity contribution in [3.63, 3.8) is 0 Å². The number of nitrogens with zero attached hydrogens (tertiary/aromatic N) is 1. The van der Waals surface area contributed by atoms with E-state index in [1.807, 2.05) is 0 Å². The molecule has 0 radical (unpaired) electrons. The van der Waals surface area contributed by atoms with Gasteiger partial charge in [0.25, 0.3) is 0 Å². The largest absolute Gasteiger partial charge is 0.493 e. The van der Waals surface area contributed by atoms with Crippen LogP contribution in [-0.2, 0) is 6.61 Å². The molecular weight excluding hydrogens is 273 g/mol. The summed E-state index contributed by atoms with van der Waals surface area (Å²) in [6.07, 6.45) is 0.706. The van der Waals surface area contributed by atoms with E-state index in [9.17, 15) is 9.18 Å². The van der Waals surface area contributed by atoms with E-state index in [-0.39, 0.29) is 12.2 Å². The lowest BCUT2D eigenvalue weighted by Gasteiger charge is -2.11. The van der Waals surface area contributed by atoms with Gasteiger partial charge in [0.1, 0.15) is 24.8 Å². The van der Waals surface area contributed by atoms with Gasteiger partial charge in [-0.25, -0.2) is 4.39 Å². The van der Waals surface area contributed by atoms with Gasteiger partial charge in [0, 0.05) is 5.56 Å². The molecule has 0 N–H and O–H groups in total. The summed E-state index contributed by atoms with van der Waals surface area (Å²) in [6.45, 7) is 0.133. The minimum Gasteiger partial charge on any atom is -0.493 e. The Balaban J connectivity index is 2.20. The predicted molar refractivity (Wildman–Crippen MR) is 73.8 cm³/mol. The van der Waals surface area contributed by atoms with Gasteiger partial charge in [-0.2, -0.15) is 5.26 Å². The first-order chi connectivity index (χ1) is 10.2. The first-order valence-corrected chi connectivity index (χ1v) is 6.12. The van der Waals surface area contributed by atoms with Crippen molar-refractivity contribution in [1.29, 1.82) is 5.26 Å². The van der Waals surface area contributed by atoms with Crippen LogP contribution in [-0.4, -0.2) is 13.4 Å². The Bertz CT molecular complexity index is 707. The summed E-state index contributed by atoms with van der Waals surface area (Å²) in [5, 5.41) is 8.79. The summed E-state index contributed by atoms with van der Waals surface area (Å²) in [5.41, 5.74) is 1.07. The molecule has 0 fully saturated rings. The minimum absolute atomic E-state index is 0.0373. The Morgan fingerprint density at radius 1 is 1.24 bits per heavy atom. The number of rotatable bonds is 5. The summed E-state index contributed by atoms with van der Waals surface area (Å²) in [5.74, 6) is 0.329. The van der Waals surface area contributed by atoms with Crippen molar-refractivity contribution in [1.82, 2.24) is 0 Å². The molecule has 0 aromatic heterocycles. The van der Waals surface area contributed by atoms with Gasteiger partial charge in [-0.1, -0.05) is 6.07 Å². The molecular formula is C16H12FNO3. The van der Waals surface area contributed by atoms with E-state index in [1.54, 1.807) is 24.3 Å². The average Bonchev–Trinajstić information content (AvgIpc) is 2.53. The highest BCUT2D eigenvalue weighted by Crippen LogP contribution is 2.28. The molecule has 0 aliphatic heterocycles. The van der Waals surface area contributed by atoms with Gasteiger partial charge in [0.15, 0.2) is 11.5 Å². The number of carbonyl (C=O) groups excluding carboxylic acids is 1. The standard InChI is InChI=1S/C16H12FNO3/c1-20-15-5-3-11(9-19)7-16(15)21-10-12-2-4-14(17)13(6-12)8-18/h2-7,9H,10H2,1H3. The van der Waals surface area contributed by atoms with Crippen molar-refractivity contribution in [3.8, 4) is 17.6 Å². The lowest BCUT2D eigenvalue weighted by atomic mass is 10.1. The molecule has 2 rings (SSSR count). The zero-order chi connectivity index (χ0) is 15.2. The van der Waals surface area contributed by atoms with E-state index < -0.39 is 5.82 Å². The molecule has 0 saturated heterocycles. The Labute approximate surface area is 121 Å². The van der Waals surface area contributed by atoms with E-state index in [4.69, 9.17) is 14.7 Å². The average molecular weight is 285 g/mol. The van der Waals surface area contributed by atoms with E-state index in [1.165, 1.54) is 25.3 Å². The Hall–Kier alpha value is -2.87. The Morgan fingerprint density at radius 2 is 2.05 bits per heavy atom. The smallest absolute Gasteiger partial charge is 0.162 e. The fourth-order valence-electron chi connectivity index (χ4n) is 1.79. The Kier molecular flexibility index (Phi) is 4.52. The number of benzene rings is 2. The van der Waals surface area contributed by atoms with Crippen LogP contribution in [0.25, 0.3) is 0 Å². The first-order valence-electron chi connectivity index (χ1n) is 6.12. The summed E-state index contributed by atoms with van der Waals surface area (Å²) < 4.78 is 24.0. The van der Waals surface area contributed by atoms with Crippen molar-refractivity contribution < 1.29 is 18.7 Å². The molecule has 0 atom stereocenters. The zero-order valence-electron chi connectivity index (χ0n) is 11.3. The van der Waals surface area contributed by atoms with E-state index >= 15 is 0 Å². The van der Waals surface area contributed by atoms with Gasteiger partial charge in [-0.15, -0.1) is 0 Å². The van der Waals surface area contributed by atoms with Crippen LogP contribution in [0.15, 0.2) is 36.4 Å². The molecule has 0 heterocycles. The zero-order valence-corrected chi connectivity index (χ0v) is 11.3. The second kappa shape index (κ2) is 6.53. The predicted octanol–water partition coefficient (Wildman–Crippen LogP) is 3.10. The van der Waals surface area contributed by atoms with Gasteiger partial charge >= 0.3 is 0 Å². The van der Waals surface area contributed by atoms with Crippen LogP contribution in [0.3, 0.4) is 0 Å². The molecule has 0 saturated carbocycles. The molecule has 4 nitrogen and oxygen atoms in total. The highest BCUT2D eigenvalue weighted by molar-refractivity contribution is 5.76. The number of methoxy groups -OCH3 is 1. The third-order valence-corrected chi connectivity index (χ3v) is 2.87. The van der Waals surface area contributed by atoms with E-state index in [2.05, 4.69) is 0 Å². The maximum Gasteiger partial charge on any atom is 0.162 e. The summed E-state index contributed by atoms with van der Waals surface area (Å²) >= 11 is 0. The van der Waals surface area contributed by atoms with Crippen molar-refractivity contribution in [3.05, 3.63) is 58.9 Å². The lowest BCUT2D eigenvalue weighted by molar-refractivity contribution is 0.112. The van der Waals surface area contributed by atoms with Crippen molar-refractivity contribution in [2.45, 2.75) is 6.61 Å². The number of hydrogen-bond donors (Lipinski definition) is 0. The summed E-state index contributed by atoms with van der Waals surface area (Å²) in [6, 6.07) is 10.7. The van der Waals surface area contributed by atoms with Crippen LogP contribution in [0.1, 0.15) is 21.5 Å². The highest BCUT2D eigenvalue weighted by atomic mass is 19.1. The molecule has 0 amide bonds. The number of halogens is 1. The third-order valence-electron chi connectivity index (χ3n) is 2.87. The number of hydrogen-bond acceptors (Lipinski definition) is 4. The quantitative estimate of drug-likeness (QED) is 0.792. The normalized spacial score (nSPS) is 9.76. The van der Waals surface area contributed by atoms with Crippen molar-refractivity contribution in [2.24, 2.45) is 0 Å². The highest BCUT2D eigenvalue weighted by Gasteiger charge is 2.08. The molecule has 0 unspecified atom stereocenters. The van der Waals surface area contributed by atoms with Gasteiger partial charge in [0.05, 0.1) is 12.7 Å². The summed E-state index contributed by atoms with van der Waals surface area (Å²) in [7, 11) is 1.49. The number of nitriles is 1. The van der Waals surface area contributed by atoms with Crippen LogP contribution in [0.5, 0.6) is 11.5 Å². The molecule has 0 aliphatic rings. The van der Waals surface area contributed by atoms with Crippen LogP contribution in [0.2, 0.25) is 0 Å². The first kappa shape index (κ1) is 14.5. The number of ether oxygens (including phenoxy) is 2. The molecule has 106 valence electrons. The van der Waals surface area contributed by atoms with Crippen LogP contribution >= 0.6 is 0 Å². The number of aldehydes is 1. The van der Waals surface area contributed by atoms with Gasteiger partial charge in [0.2, 0.25) is 0 Å². The topological polar surface area (TPSA) is 59.3 Å². The second-order valence-corrected chi connectivity index (χ2v) is 4.24. The monoisotopic (exact) mass is 285 g/mol. The van der Waals surface area contributed by atoms with Crippen LogP contribution in [0.4, 0.5) is 4.39 Å². The lowest BCUT2D eigenvalue weighted by Crippen LogP contribution is -1.99. The van der Waals surface area contributed by atoms with E-state index in [0.717, 1.165) is 0 Å². The maximum atomic E-state index is 13.2. The van der Waals surface area contributed by atoms with Crippen molar-refractivity contribution in [2.75, 3.05) is 7.11 Å². The third kappa shape index (κ3) is 3.37. The molecule has 0 bridgehead atoms. The van der Waals surface area contributed by atoms with Crippen molar-refractivity contribution >= 4 is 6.29 Å². The van der Waals surface area contributed by atoms with Gasteiger partial charge < -0.3 is 9.47 Å².